The quantitative estimate of drug-likeness (QED) is 0.634. The van der Waals surface area contributed by atoms with E-state index >= 15 is 0 Å². The third kappa shape index (κ3) is 3.68. The molecule has 25 heavy (non-hydrogen) atoms. The van der Waals surface area contributed by atoms with Crippen molar-refractivity contribution in [1.82, 2.24) is 15.1 Å². The van der Waals surface area contributed by atoms with Crippen molar-refractivity contribution in [3.05, 3.63) is 24.2 Å². The van der Waals surface area contributed by atoms with Gasteiger partial charge < -0.3 is 19.0 Å². The van der Waals surface area contributed by atoms with Crippen molar-refractivity contribution in [3.8, 4) is 0 Å². The van der Waals surface area contributed by atoms with Crippen LogP contribution in [0.2, 0.25) is 0 Å². The van der Waals surface area contributed by atoms with Crippen molar-refractivity contribution in [2.24, 2.45) is 10.9 Å². The highest BCUT2D eigenvalue weighted by Crippen LogP contribution is 2.31. The molecule has 1 N–H and O–H groups in total. The summed E-state index contributed by atoms with van der Waals surface area (Å²) in [7, 11) is 0. The summed E-state index contributed by atoms with van der Waals surface area (Å²) in [5.74, 6) is -1.03. The van der Waals surface area contributed by atoms with Crippen molar-refractivity contribution in [2.45, 2.75) is 19.9 Å². The van der Waals surface area contributed by atoms with Crippen LogP contribution in [0.4, 0.5) is 0 Å². The lowest BCUT2D eigenvalue weighted by Gasteiger charge is -2.38. The second-order valence-corrected chi connectivity index (χ2v) is 6.05. The Kier molecular flexibility index (Phi) is 5.37. The number of aliphatic imine (C=N–C) groups is 1. The summed E-state index contributed by atoms with van der Waals surface area (Å²) in [5, 5.41) is 2.78. The first-order valence-electron chi connectivity index (χ1n) is 8.70. The standard InChI is InChI=1S/C17H24N4O4/c1-3-20-7-9-21(10-8-20)17-18-14(12-6-5-11-25-12)13(15(22)19-17)16(23)24-4-2/h5-6,11,13-14H,3-4,7-10H2,1-2H3,(H,18,19,22)/t13-,14+/m1/s1. The molecule has 2 aliphatic rings. The minimum Gasteiger partial charge on any atom is -0.467 e. The zero-order chi connectivity index (χ0) is 17.8. The fourth-order valence-electron chi connectivity index (χ4n) is 3.16. The van der Waals surface area contributed by atoms with E-state index in [1.165, 1.54) is 6.26 Å². The average Bonchev–Trinajstić information content (AvgIpc) is 3.16. The van der Waals surface area contributed by atoms with Crippen LogP contribution >= 0.6 is 0 Å². The Morgan fingerprint density at radius 1 is 1.36 bits per heavy atom. The van der Waals surface area contributed by atoms with E-state index in [9.17, 15) is 9.59 Å². The molecule has 3 heterocycles. The fraction of sp³-hybridized carbons (Fsp3) is 0.588. The van der Waals surface area contributed by atoms with Crippen LogP contribution < -0.4 is 5.32 Å². The number of amides is 1. The monoisotopic (exact) mass is 348 g/mol. The number of hydrogen-bond donors (Lipinski definition) is 1. The van der Waals surface area contributed by atoms with E-state index in [2.05, 4.69) is 22.1 Å². The molecule has 2 atom stereocenters. The number of rotatable bonds is 4. The van der Waals surface area contributed by atoms with Gasteiger partial charge >= 0.3 is 5.97 Å². The number of esters is 1. The maximum absolute atomic E-state index is 12.6. The second kappa shape index (κ2) is 7.69. The van der Waals surface area contributed by atoms with Gasteiger partial charge in [-0.25, -0.2) is 4.99 Å². The molecule has 1 amide bonds. The molecule has 1 fully saturated rings. The molecular formula is C17H24N4O4. The number of guanidine groups is 1. The zero-order valence-electron chi connectivity index (χ0n) is 14.6. The molecule has 2 aliphatic heterocycles. The van der Waals surface area contributed by atoms with Crippen LogP contribution in [0.5, 0.6) is 0 Å². The Morgan fingerprint density at radius 2 is 2.12 bits per heavy atom. The number of piperazine rings is 1. The van der Waals surface area contributed by atoms with E-state index in [4.69, 9.17) is 9.15 Å². The van der Waals surface area contributed by atoms with E-state index in [-0.39, 0.29) is 6.61 Å². The molecule has 0 aliphatic carbocycles. The van der Waals surface area contributed by atoms with Crippen LogP contribution in [0.25, 0.3) is 0 Å². The number of furan rings is 1. The van der Waals surface area contributed by atoms with Gasteiger partial charge in [-0.3, -0.25) is 14.9 Å². The van der Waals surface area contributed by atoms with Gasteiger partial charge in [0.05, 0.1) is 12.9 Å². The van der Waals surface area contributed by atoms with Gasteiger partial charge in [-0.05, 0) is 25.6 Å². The summed E-state index contributed by atoms with van der Waals surface area (Å²) in [6, 6.07) is 2.74. The normalized spacial score (nSPS) is 24.6. The van der Waals surface area contributed by atoms with E-state index in [0.717, 1.165) is 32.7 Å². The topological polar surface area (TPSA) is 87.4 Å². The summed E-state index contributed by atoms with van der Waals surface area (Å²) in [6.07, 6.45) is 1.51. The van der Waals surface area contributed by atoms with Gasteiger partial charge in [-0.1, -0.05) is 6.92 Å². The van der Waals surface area contributed by atoms with Gasteiger partial charge in [-0.2, -0.15) is 0 Å². The van der Waals surface area contributed by atoms with Crippen LogP contribution in [-0.2, 0) is 14.3 Å². The SMILES string of the molecule is CCOC(=O)[C@H]1C(=O)NC(N2CCN(CC)CC2)=N[C@H]1c1ccco1. The number of ether oxygens (including phenoxy) is 1. The lowest BCUT2D eigenvalue weighted by atomic mass is 9.95. The maximum Gasteiger partial charge on any atom is 0.321 e. The smallest absolute Gasteiger partial charge is 0.321 e. The predicted octanol–water partition coefficient (Wildman–Crippen LogP) is 0.623. The Labute approximate surface area is 146 Å². The van der Waals surface area contributed by atoms with Gasteiger partial charge in [0.25, 0.3) is 0 Å². The number of likely N-dealkylation sites (N-methyl/N-ethyl adjacent to an activating group) is 1. The van der Waals surface area contributed by atoms with Crippen LogP contribution in [0.1, 0.15) is 25.6 Å². The summed E-state index contributed by atoms with van der Waals surface area (Å²) in [5.41, 5.74) is 0. The van der Waals surface area contributed by atoms with Crippen molar-refractivity contribution in [3.63, 3.8) is 0 Å². The van der Waals surface area contributed by atoms with Crippen molar-refractivity contribution in [1.29, 1.82) is 0 Å². The summed E-state index contributed by atoms with van der Waals surface area (Å²) in [4.78, 5) is 33.9. The van der Waals surface area contributed by atoms with Gasteiger partial charge in [0.2, 0.25) is 11.9 Å². The molecule has 0 unspecified atom stereocenters. The summed E-state index contributed by atoms with van der Waals surface area (Å²) in [6.45, 7) is 8.45. The van der Waals surface area contributed by atoms with E-state index in [1.807, 2.05) is 4.90 Å². The predicted molar refractivity (Wildman–Crippen MR) is 90.8 cm³/mol. The van der Waals surface area contributed by atoms with E-state index in [1.54, 1.807) is 19.1 Å². The second-order valence-electron chi connectivity index (χ2n) is 6.05. The molecule has 1 aromatic rings. The maximum atomic E-state index is 12.6. The van der Waals surface area contributed by atoms with Gasteiger partial charge in [0, 0.05) is 26.2 Å². The van der Waals surface area contributed by atoms with Gasteiger partial charge in [-0.15, -0.1) is 0 Å². The Balaban J connectivity index is 1.85. The molecule has 136 valence electrons. The van der Waals surface area contributed by atoms with Crippen LogP contribution in [0, 0.1) is 5.92 Å². The number of carbonyl (C=O) groups is 2. The molecule has 0 aromatic carbocycles. The molecular weight excluding hydrogens is 324 g/mol. The molecule has 0 radical (unpaired) electrons. The number of nitrogens with one attached hydrogen (secondary N) is 1. The first-order valence-corrected chi connectivity index (χ1v) is 8.70. The van der Waals surface area contributed by atoms with Crippen molar-refractivity contribution < 1.29 is 18.7 Å². The van der Waals surface area contributed by atoms with Crippen LogP contribution in [-0.4, -0.2) is 67.0 Å². The highest BCUT2D eigenvalue weighted by Gasteiger charge is 2.43. The molecule has 1 aromatic heterocycles. The summed E-state index contributed by atoms with van der Waals surface area (Å²) < 4.78 is 10.5. The van der Waals surface area contributed by atoms with Crippen molar-refractivity contribution in [2.75, 3.05) is 39.3 Å². The Bertz CT molecular complexity index is 635. The largest absolute Gasteiger partial charge is 0.467 e. The van der Waals surface area contributed by atoms with Crippen LogP contribution in [0.15, 0.2) is 27.8 Å². The molecule has 0 saturated carbocycles. The highest BCUT2D eigenvalue weighted by atomic mass is 16.5. The van der Waals surface area contributed by atoms with Gasteiger partial charge in [0.1, 0.15) is 11.8 Å². The third-order valence-corrected chi connectivity index (χ3v) is 4.59. The minimum absolute atomic E-state index is 0.211. The Hall–Kier alpha value is -2.35. The third-order valence-electron chi connectivity index (χ3n) is 4.59. The number of nitrogens with zero attached hydrogens (tertiary/aromatic N) is 3. The molecule has 8 nitrogen and oxygen atoms in total. The molecule has 0 spiro atoms. The average molecular weight is 348 g/mol. The first-order chi connectivity index (χ1) is 12.1. The van der Waals surface area contributed by atoms with Crippen LogP contribution in [0.3, 0.4) is 0 Å². The minimum atomic E-state index is -1.04. The van der Waals surface area contributed by atoms with Gasteiger partial charge in [0.15, 0.2) is 5.92 Å². The fourth-order valence-corrected chi connectivity index (χ4v) is 3.16. The lowest BCUT2D eigenvalue weighted by Crippen LogP contribution is -2.57. The zero-order valence-corrected chi connectivity index (χ0v) is 14.6. The highest BCUT2D eigenvalue weighted by molar-refractivity contribution is 6.08. The Morgan fingerprint density at radius 3 is 2.72 bits per heavy atom. The molecule has 3 rings (SSSR count). The van der Waals surface area contributed by atoms with Crippen molar-refractivity contribution >= 4 is 17.8 Å². The number of carbonyl (C=O) groups excluding carboxylic acids is 2. The molecule has 0 bridgehead atoms. The van der Waals surface area contributed by atoms with E-state index in [0.29, 0.717) is 11.7 Å². The lowest BCUT2D eigenvalue weighted by molar-refractivity contribution is -0.153. The molecule has 8 heteroatoms. The summed E-state index contributed by atoms with van der Waals surface area (Å²) >= 11 is 0. The number of hydrogen-bond acceptors (Lipinski definition) is 7. The van der Waals surface area contributed by atoms with E-state index < -0.39 is 23.8 Å². The first kappa shape index (κ1) is 17.5. The molecule has 1 saturated heterocycles.